The Morgan fingerprint density at radius 2 is 2.00 bits per heavy atom. The van der Waals surface area contributed by atoms with Gasteiger partial charge in [-0.3, -0.25) is 9.59 Å². The van der Waals surface area contributed by atoms with Crippen LogP contribution in [0.15, 0.2) is 18.2 Å². The van der Waals surface area contributed by atoms with Crippen molar-refractivity contribution in [3.63, 3.8) is 0 Å². The number of methoxy groups -OCH3 is 1. The summed E-state index contributed by atoms with van der Waals surface area (Å²) in [6.07, 6.45) is 2.22. The van der Waals surface area contributed by atoms with Crippen LogP contribution < -0.4 is 15.5 Å². The molecule has 7 nitrogen and oxygen atoms in total. The maximum Gasteiger partial charge on any atom is 0.309 e. The first-order valence-electron chi connectivity index (χ1n) is 8.99. The van der Waals surface area contributed by atoms with E-state index < -0.39 is 11.8 Å². The largest absolute Gasteiger partial charge is 0.383 e. The molecule has 0 fully saturated rings. The summed E-state index contributed by atoms with van der Waals surface area (Å²) in [6, 6.07) is 6.49. The first kappa shape index (κ1) is 20.2. The van der Waals surface area contributed by atoms with E-state index in [9.17, 15) is 9.59 Å². The van der Waals surface area contributed by atoms with Crippen LogP contribution in [-0.2, 0) is 20.7 Å². The minimum Gasteiger partial charge on any atom is -0.383 e. The van der Waals surface area contributed by atoms with Gasteiger partial charge in [-0.2, -0.15) is 0 Å². The van der Waals surface area contributed by atoms with Gasteiger partial charge in [-0.25, -0.2) is 0 Å². The molecular weight excluding hydrogens is 332 g/mol. The summed E-state index contributed by atoms with van der Waals surface area (Å²) in [6.45, 7) is 2.15. The van der Waals surface area contributed by atoms with Gasteiger partial charge in [0.25, 0.3) is 0 Å². The van der Waals surface area contributed by atoms with E-state index in [1.165, 1.54) is 11.3 Å². The minimum atomic E-state index is -0.633. The Morgan fingerprint density at radius 1 is 1.27 bits per heavy atom. The van der Waals surface area contributed by atoms with Gasteiger partial charge in [0, 0.05) is 39.5 Å². The van der Waals surface area contributed by atoms with Crippen molar-refractivity contribution in [2.24, 2.45) is 0 Å². The Morgan fingerprint density at radius 3 is 2.69 bits per heavy atom. The third-order valence-corrected chi connectivity index (χ3v) is 4.72. The van der Waals surface area contributed by atoms with Gasteiger partial charge in [-0.15, -0.1) is 0 Å². The fourth-order valence-corrected chi connectivity index (χ4v) is 3.23. The molecule has 1 atom stereocenters. The number of fused-ring (bicyclic) bond motifs is 1. The van der Waals surface area contributed by atoms with Crippen LogP contribution in [0, 0.1) is 0 Å². The van der Waals surface area contributed by atoms with Crippen molar-refractivity contribution in [2.75, 3.05) is 59.4 Å². The number of nitrogens with zero attached hydrogens (tertiary/aromatic N) is 2. The number of carbonyl (C=O) groups excluding carboxylic acids is 2. The molecule has 144 valence electrons. The first-order valence-corrected chi connectivity index (χ1v) is 8.99. The molecule has 0 saturated heterocycles. The second-order valence-electron chi connectivity index (χ2n) is 6.85. The van der Waals surface area contributed by atoms with Crippen molar-refractivity contribution in [2.45, 2.75) is 18.9 Å². The summed E-state index contributed by atoms with van der Waals surface area (Å²) in [5.74, 6) is -1.25. The molecule has 2 rings (SSSR count). The number of rotatable bonds is 7. The fourth-order valence-electron chi connectivity index (χ4n) is 3.23. The zero-order valence-corrected chi connectivity index (χ0v) is 16.2. The molecule has 0 radical (unpaired) electrons. The van der Waals surface area contributed by atoms with Crippen LogP contribution in [0.4, 0.5) is 5.69 Å². The lowest BCUT2D eigenvalue weighted by Crippen LogP contribution is -2.43. The molecule has 26 heavy (non-hydrogen) atoms. The molecule has 0 bridgehead atoms. The molecule has 0 aliphatic carbocycles. The summed E-state index contributed by atoms with van der Waals surface area (Å²) in [5, 5.41) is 5.26. The molecule has 0 spiro atoms. The predicted octanol–water partition coefficient (Wildman–Crippen LogP) is 0.551. The van der Waals surface area contributed by atoms with Crippen LogP contribution in [0.3, 0.4) is 0 Å². The number of amides is 2. The zero-order valence-electron chi connectivity index (χ0n) is 16.2. The second-order valence-corrected chi connectivity index (χ2v) is 6.85. The monoisotopic (exact) mass is 362 g/mol. The number of anilines is 1. The molecule has 1 aliphatic rings. The smallest absolute Gasteiger partial charge is 0.309 e. The molecule has 2 N–H and O–H groups in total. The van der Waals surface area contributed by atoms with Crippen LogP contribution in [-0.4, -0.2) is 71.2 Å². The topological polar surface area (TPSA) is 73.9 Å². The Bertz CT molecular complexity index is 633. The van der Waals surface area contributed by atoms with E-state index in [2.05, 4.69) is 45.7 Å². The van der Waals surface area contributed by atoms with Crippen molar-refractivity contribution in [1.29, 1.82) is 0 Å². The Labute approximate surface area is 155 Å². The molecular formula is C19H30N4O3. The maximum atomic E-state index is 12.0. The molecule has 0 saturated carbocycles. The first-order chi connectivity index (χ1) is 12.4. The standard InChI is InChI=1S/C19H30N4O3/c1-22(2)17(13-21-19(25)18(24)20-9-11-26-4)15-7-8-16-14(12-15)6-5-10-23(16)3/h7-8,12,17H,5-6,9-11,13H2,1-4H3,(H,20,24)(H,21,25). The van der Waals surface area contributed by atoms with Gasteiger partial charge in [0.05, 0.1) is 12.6 Å². The van der Waals surface area contributed by atoms with Gasteiger partial charge in [-0.1, -0.05) is 12.1 Å². The number of nitrogens with one attached hydrogen (secondary N) is 2. The normalized spacial score (nSPS) is 14.7. The van der Waals surface area contributed by atoms with E-state index in [-0.39, 0.29) is 6.04 Å². The number of likely N-dealkylation sites (N-methyl/N-ethyl adjacent to an activating group) is 1. The van der Waals surface area contributed by atoms with E-state index in [1.54, 1.807) is 7.11 Å². The van der Waals surface area contributed by atoms with Crippen molar-refractivity contribution in [1.82, 2.24) is 15.5 Å². The number of hydrogen-bond donors (Lipinski definition) is 2. The molecule has 0 aromatic heterocycles. The Hall–Kier alpha value is -2.12. The van der Waals surface area contributed by atoms with E-state index >= 15 is 0 Å². The summed E-state index contributed by atoms with van der Waals surface area (Å²) in [5.41, 5.74) is 3.76. The number of benzene rings is 1. The highest BCUT2D eigenvalue weighted by molar-refractivity contribution is 6.35. The lowest BCUT2D eigenvalue weighted by molar-refractivity contribution is -0.139. The van der Waals surface area contributed by atoms with Gasteiger partial charge in [0.15, 0.2) is 0 Å². The minimum absolute atomic E-state index is 0.00302. The number of hydrogen-bond acceptors (Lipinski definition) is 5. The van der Waals surface area contributed by atoms with Gasteiger partial charge in [-0.05, 0) is 44.1 Å². The third-order valence-electron chi connectivity index (χ3n) is 4.72. The zero-order chi connectivity index (χ0) is 19.1. The average molecular weight is 362 g/mol. The van der Waals surface area contributed by atoms with Gasteiger partial charge in [0.2, 0.25) is 0 Å². The Balaban J connectivity index is 2.01. The summed E-state index contributed by atoms with van der Waals surface area (Å²) >= 11 is 0. The number of ether oxygens (including phenoxy) is 1. The second kappa shape index (κ2) is 9.54. The molecule has 2 amide bonds. The molecule has 1 heterocycles. The van der Waals surface area contributed by atoms with Crippen molar-refractivity contribution in [3.05, 3.63) is 29.3 Å². The van der Waals surface area contributed by atoms with E-state index in [1.807, 2.05) is 14.1 Å². The number of carbonyl (C=O) groups is 2. The number of aryl methyl sites for hydroxylation is 1. The summed E-state index contributed by atoms with van der Waals surface area (Å²) in [4.78, 5) is 28.1. The highest BCUT2D eigenvalue weighted by atomic mass is 16.5. The van der Waals surface area contributed by atoms with Crippen molar-refractivity contribution >= 4 is 17.5 Å². The maximum absolute atomic E-state index is 12.0. The predicted molar refractivity (Wildman–Crippen MR) is 102 cm³/mol. The highest BCUT2D eigenvalue weighted by Crippen LogP contribution is 2.29. The Kier molecular flexibility index (Phi) is 7.41. The van der Waals surface area contributed by atoms with Crippen LogP contribution in [0.5, 0.6) is 0 Å². The molecule has 7 heteroatoms. The fraction of sp³-hybridized carbons (Fsp3) is 0.579. The molecule has 1 aromatic carbocycles. The van der Waals surface area contributed by atoms with Gasteiger partial charge >= 0.3 is 11.8 Å². The molecule has 1 aromatic rings. The van der Waals surface area contributed by atoms with E-state index in [4.69, 9.17) is 4.74 Å². The van der Waals surface area contributed by atoms with E-state index in [0.717, 1.165) is 24.9 Å². The van der Waals surface area contributed by atoms with Gasteiger partial charge in [0.1, 0.15) is 0 Å². The SMILES string of the molecule is COCCNC(=O)C(=O)NCC(c1ccc2c(c1)CCCN2C)N(C)C. The highest BCUT2D eigenvalue weighted by Gasteiger charge is 2.21. The van der Waals surface area contributed by atoms with E-state index in [0.29, 0.717) is 19.7 Å². The van der Waals surface area contributed by atoms with Crippen molar-refractivity contribution < 1.29 is 14.3 Å². The van der Waals surface area contributed by atoms with Crippen LogP contribution in [0.1, 0.15) is 23.6 Å². The molecule has 1 aliphatic heterocycles. The lowest BCUT2D eigenvalue weighted by Gasteiger charge is -2.30. The van der Waals surface area contributed by atoms with Crippen LogP contribution in [0.2, 0.25) is 0 Å². The summed E-state index contributed by atoms with van der Waals surface area (Å²) < 4.78 is 4.86. The van der Waals surface area contributed by atoms with Crippen LogP contribution >= 0.6 is 0 Å². The average Bonchev–Trinajstić information content (AvgIpc) is 2.61. The quantitative estimate of drug-likeness (QED) is 0.547. The van der Waals surface area contributed by atoms with Crippen LogP contribution in [0.25, 0.3) is 0 Å². The lowest BCUT2D eigenvalue weighted by atomic mass is 9.96. The van der Waals surface area contributed by atoms with Crippen molar-refractivity contribution in [3.8, 4) is 0 Å². The third kappa shape index (κ3) is 5.19. The van der Waals surface area contributed by atoms with Gasteiger partial charge < -0.3 is 25.2 Å². The summed E-state index contributed by atoms with van der Waals surface area (Å²) in [7, 11) is 7.61. The molecule has 1 unspecified atom stereocenters.